The van der Waals surface area contributed by atoms with Crippen molar-refractivity contribution in [2.45, 2.75) is 0 Å². The van der Waals surface area contributed by atoms with Crippen molar-refractivity contribution in [2.75, 3.05) is 24.5 Å². The monoisotopic (exact) mass is 1280 g/mol. The van der Waals surface area contributed by atoms with E-state index in [4.69, 9.17) is 9.47 Å². The second-order valence-corrected chi connectivity index (χ2v) is 27.7. The molecule has 464 valence electrons. The van der Waals surface area contributed by atoms with Crippen molar-refractivity contribution >= 4 is 178 Å². The Morgan fingerprint density at radius 1 is 0.198 bits per heavy atom. The first kappa shape index (κ1) is 55.2. The number of para-hydroxylation sites is 8. The fourth-order valence-corrected chi connectivity index (χ4v) is 18.8. The quantitative estimate of drug-likeness (QED) is 0.154. The molecule has 0 bridgehead atoms. The predicted molar refractivity (Wildman–Crippen MR) is 422 cm³/mol. The van der Waals surface area contributed by atoms with Crippen molar-refractivity contribution in [3.63, 3.8) is 0 Å². The SMILES string of the molecule is c1ccc(-c2cccc3c2Oc2cccc4c2B3c2cc3c(cc2N4c2ccccc2)N(c2ccccc2)c2cc4c5c6c2B3c2ccccc2N6c2ccccc2B5c2cc3c(cc2N4c2ccccc2)N(c2ccccc2)c2cccc4c2B3c2cccc(-c3ccccc3)c2O4)cc1. The number of rotatable bonds is 6. The number of anilines is 15. The van der Waals surface area contributed by atoms with E-state index in [9.17, 15) is 0 Å². The highest BCUT2D eigenvalue weighted by Crippen LogP contribution is 2.53. The van der Waals surface area contributed by atoms with Crippen LogP contribution in [0.25, 0.3) is 22.3 Å². The first-order valence-electron chi connectivity index (χ1n) is 35.1. The van der Waals surface area contributed by atoms with Crippen LogP contribution in [0.5, 0.6) is 23.0 Å². The van der Waals surface area contributed by atoms with Crippen molar-refractivity contribution in [1.29, 1.82) is 0 Å². The molecule has 8 aliphatic heterocycles. The maximum Gasteiger partial charge on any atom is 0.256 e. The van der Waals surface area contributed by atoms with Gasteiger partial charge in [0.2, 0.25) is 0 Å². The van der Waals surface area contributed by atoms with Gasteiger partial charge in [0.05, 0.1) is 0 Å². The number of ether oxygens (including phenoxy) is 2. The second-order valence-electron chi connectivity index (χ2n) is 27.7. The molecule has 0 unspecified atom stereocenters. The van der Waals surface area contributed by atoms with Crippen LogP contribution < -0.4 is 99.5 Å². The first-order valence-corrected chi connectivity index (χ1v) is 35.1. The highest BCUT2D eigenvalue weighted by molar-refractivity contribution is 7.06. The molecule has 0 fully saturated rings. The highest BCUT2D eigenvalue weighted by atomic mass is 16.5. The van der Waals surface area contributed by atoms with Crippen molar-refractivity contribution in [1.82, 2.24) is 0 Å². The maximum atomic E-state index is 7.31. The Bertz CT molecular complexity index is 5680. The Kier molecular flexibility index (Phi) is 11.4. The van der Waals surface area contributed by atoms with Crippen LogP contribution in [-0.4, -0.2) is 26.9 Å². The summed E-state index contributed by atoms with van der Waals surface area (Å²) in [6.07, 6.45) is 0. The number of fused-ring (bicyclic) bond motifs is 18. The van der Waals surface area contributed by atoms with Gasteiger partial charge in [-0.1, -0.05) is 231 Å². The lowest BCUT2D eigenvalue weighted by atomic mass is 9.27. The molecule has 8 heterocycles. The molecule has 0 amide bonds. The first-order chi connectivity index (χ1) is 50.2. The number of hydrogen-bond donors (Lipinski definition) is 0. The molecular weight excluding hydrogens is 1230 g/mol. The molecule has 0 spiro atoms. The molecule has 0 saturated heterocycles. The van der Waals surface area contributed by atoms with Crippen LogP contribution in [0.4, 0.5) is 85.3 Å². The van der Waals surface area contributed by atoms with Gasteiger partial charge < -0.3 is 34.0 Å². The Hall–Kier alpha value is -12.8. The van der Waals surface area contributed by atoms with Crippen LogP contribution in [0, 0.1) is 0 Å². The average molecular weight is 1280 g/mol. The van der Waals surface area contributed by atoms with Gasteiger partial charge in [-0.2, -0.15) is 0 Å². The van der Waals surface area contributed by atoms with E-state index in [1.54, 1.807) is 0 Å². The van der Waals surface area contributed by atoms with Gasteiger partial charge >= 0.3 is 0 Å². The summed E-state index contributed by atoms with van der Waals surface area (Å²) in [6, 6.07) is 124. The second kappa shape index (κ2) is 20.9. The van der Waals surface area contributed by atoms with E-state index in [0.717, 1.165) is 124 Å². The van der Waals surface area contributed by atoms with E-state index < -0.39 is 0 Å². The minimum absolute atomic E-state index is 0.163. The topological polar surface area (TPSA) is 34.7 Å². The maximum absolute atomic E-state index is 7.31. The minimum atomic E-state index is -0.192. The molecule has 0 N–H and O–H groups in total. The molecule has 0 saturated carbocycles. The van der Waals surface area contributed by atoms with Crippen molar-refractivity contribution in [2.24, 2.45) is 0 Å². The molecule has 8 aliphatic rings. The van der Waals surface area contributed by atoms with Crippen molar-refractivity contribution in [3.8, 4) is 45.3 Å². The van der Waals surface area contributed by atoms with Gasteiger partial charge in [0.25, 0.3) is 26.9 Å². The van der Waals surface area contributed by atoms with Gasteiger partial charge in [0.1, 0.15) is 23.0 Å². The third kappa shape index (κ3) is 7.56. The molecule has 11 heteroatoms. The van der Waals surface area contributed by atoms with Crippen molar-refractivity contribution in [3.05, 3.63) is 334 Å². The summed E-state index contributed by atoms with van der Waals surface area (Å²) in [5.74, 6) is 3.56. The standard InChI is InChI=1S/C90H55B4N5O2/c1-7-27-56(28-8-1)62-39-23-43-66-89(62)100-82-49-25-47-74-84(82)93(66)70-51-68-78(53-76(70)95(74)58-31-11-3-12-32-58)97(60-35-15-5-16-36-60)80-55-81-87-88-86(80)91(68)64-41-19-21-45-72(64)99(88)73-46-22-20-42-65(73)92(87)69-52-71-77(54-79(69)98(81)61-37-17-6-18-38-61)96(59-33-13-4-14-34-59)75-48-26-50-83-85(75)94(71)67-44-24-40-63(90(67)101-83)57-29-9-2-10-30-57/h1-55H. The zero-order valence-electron chi connectivity index (χ0n) is 54.6. The van der Waals surface area contributed by atoms with Gasteiger partial charge in [-0.15, -0.1) is 0 Å². The predicted octanol–water partition coefficient (Wildman–Crippen LogP) is 14.5. The molecule has 15 aromatic rings. The lowest BCUT2D eigenvalue weighted by molar-refractivity contribution is 0.489. The van der Waals surface area contributed by atoms with Crippen molar-refractivity contribution < 1.29 is 9.47 Å². The summed E-state index contributed by atoms with van der Waals surface area (Å²) in [4.78, 5) is 12.9. The summed E-state index contributed by atoms with van der Waals surface area (Å²) in [5.41, 5.74) is 36.2. The van der Waals surface area contributed by atoms with E-state index in [1.165, 1.54) is 71.7 Å². The lowest BCUT2D eigenvalue weighted by Crippen LogP contribution is -2.70. The fourth-order valence-electron chi connectivity index (χ4n) is 18.8. The molecule has 7 nitrogen and oxygen atoms in total. The largest absolute Gasteiger partial charge is 0.458 e. The minimum Gasteiger partial charge on any atom is -0.458 e. The summed E-state index contributed by atoms with van der Waals surface area (Å²) >= 11 is 0. The Balaban J connectivity index is 0.828. The zero-order chi connectivity index (χ0) is 65.7. The molecule has 15 aromatic carbocycles. The van der Waals surface area contributed by atoms with Crippen LogP contribution in [0.1, 0.15) is 0 Å². The fraction of sp³-hybridized carbons (Fsp3) is 0. The molecule has 101 heavy (non-hydrogen) atoms. The Morgan fingerprint density at radius 2 is 0.495 bits per heavy atom. The van der Waals surface area contributed by atoms with Gasteiger partial charge in [-0.25, -0.2) is 0 Å². The van der Waals surface area contributed by atoms with Crippen LogP contribution >= 0.6 is 0 Å². The van der Waals surface area contributed by atoms with Crippen LogP contribution in [0.15, 0.2) is 334 Å². The number of nitrogens with zero attached hydrogens (tertiary/aromatic N) is 5. The summed E-state index contributed by atoms with van der Waals surface area (Å²) in [7, 11) is 0. The van der Waals surface area contributed by atoms with E-state index in [1.807, 2.05) is 0 Å². The number of benzene rings is 15. The summed E-state index contributed by atoms with van der Waals surface area (Å²) < 4.78 is 14.6. The van der Waals surface area contributed by atoms with E-state index in [2.05, 4.69) is 358 Å². The van der Waals surface area contributed by atoms with Gasteiger partial charge in [0, 0.05) is 96.4 Å². The third-order valence-corrected chi connectivity index (χ3v) is 22.7. The van der Waals surface area contributed by atoms with E-state index >= 15 is 0 Å². The molecule has 0 aromatic heterocycles. The highest BCUT2D eigenvalue weighted by Gasteiger charge is 2.54. The Labute approximate surface area is 587 Å². The number of hydrogen-bond acceptors (Lipinski definition) is 7. The van der Waals surface area contributed by atoms with Gasteiger partial charge in [-0.05, 0) is 180 Å². The molecule has 23 rings (SSSR count). The van der Waals surface area contributed by atoms with Crippen LogP contribution in [-0.2, 0) is 0 Å². The molecule has 0 atom stereocenters. The summed E-state index contributed by atoms with van der Waals surface area (Å²) in [6.45, 7) is -0.709. The third-order valence-electron chi connectivity index (χ3n) is 22.7. The van der Waals surface area contributed by atoms with E-state index in [-0.39, 0.29) is 26.9 Å². The van der Waals surface area contributed by atoms with E-state index in [0.29, 0.717) is 0 Å². The smallest absolute Gasteiger partial charge is 0.256 e. The van der Waals surface area contributed by atoms with Gasteiger partial charge in [0.15, 0.2) is 0 Å². The lowest BCUT2D eigenvalue weighted by Gasteiger charge is -2.51. The Morgan fingerprint density at radius 3 is 0.881 bits per heavy atom. The van der Waals surface area contributed by atoms with Crippen LogP contribution in [0.2, 0.25) is 0 Å². The average Bonchev–Trinajstić information content (AvgIpc) is 0.666. The van der Waals surface area contributed by atoms with Crippen LogP contribution in [0.3, 0.4) is 0 Å². The van der Waals surface area contributed by atoms with Gasteiger partial charge in [-0.3, -0.25) is 0 Å². The zero-order valence-corrected chi connectivity index (χ0v) is 54.6. The summed E-state index contributed by atoms with van der Waals surface area (Å²) in [5, 5.41) is 0. The normalized spacial score (nSPS) is 14.1. The molecule has 0 radical (unpaired) electrons. The molecular formula is C90H55B4N5O2. The molecule has 0 aliphatic carbocycles.